The number of methoxy groups -OCH3 is 2. The number of urea groups is 1. The highest BCUT2D eigenvalue weighted by molar-refractivity contribution is 5.87. The van der Waals surface area contributed by atoms with Gasteiger partial charge < -0.3 is 14.8 Å². The molecule has 0 aliphatic rings. The molecular weight excluding hydrogens is 262 g/mol. The minimum absolute atomic E-state index is 0.351. The number of benzene rings is 1. The molecule has 1 aromatic heterocycles. The van der Waals surface area contributed by atoms with E-state index in [-0.39, 0.29) is 6.03 Å². The van der Waals surface area contributed by atoms with Gasteiger partial charge in [-0.15, -0.1) is 5.10 Å². The number of nitrogens with zero attached hydrogens (tertiary/aromatic N) is 2. The van der Waals surface area contributed by atoms with Crippen LogP contribution >= 0.6 is 0 Å². The van der Waals surface area contributed by atoms with Crippen LogP contribution in [0.1, 0.15) is 5.56 Å². The van der Waals surface area contributed by atoms with Crippen molar-refractivity contribution in [3.05, 3.63) is 30.0 Å². The zero-order chi connectivity index (χ0) is 14.4. The normalized spacial score (nSPS) is 9.90. The maximum absolute atomic E-state index is 11.6. The summed E-state index contributed by atoms with van der Waals surface area (Å²) in [6.45, 7) is 0.351. The third-order valence-corrected chi connectivity index (χ3v) is 2.56. The summed E-state index contributed by atoms with van der Waals surface area (Å²) in [6, 6.07) is 5.06. The maximum Gasteiger partial charge on any atom is 0.320 e. The maximum atomic E-state index is 11.6. The van der Waals surface area contributed by atoms with E-state index in [0.717, 1.165) is 5.56 Å². The number of rotatable bonds is 5. The van der Waals surface area contributed by atoms with Gasteiger partial charge in [0.05, 0.1) is 20.4 Å². The third kappa shape index (κ3) is 3.37. The molecule has 8 nitrogen and oxygen atoms in total. The number of carbonyl (C=O) groups is 1. The number of amides is 2. The molecule has 106 valence electrons. The van der Waals surface area contributed by atoms with Crippen LogP contribution in [0.15, 0.2) is 24.4 Å². The lowest BCUT2D eigenvalue weighted by Gasteiger charge is -2.10. The SMILES string of the molecule is COc1ccc(CNC(=O)Nc2cn[nH]n2)cc1OC. The predicted octanol–water partition coefficient (Wildman–Crippen LogP) is 1.14. The highest BCUT2D eigenvalue weighted by Crippen LogP contribution is 2.27. The number of hydrogen-bond donors (Lipinski definition) is 3. The minimum atomic E-state index is -0.367. The molecular formula is C12H15N5O3. The van der Waals surface area contributed by atoms with Crippen LogP contribution in [0.4, 0.5) is 10.6 Å². The summed E-state index contributed by atoms with van der Waals surface area (Å²) in [5.41, 5.74) is 0.887. The van der Waals surface area contributed by atoms with Crippen LogP contribution < -0.4 is 20.1 Å². The molecule has 3 N–H and O–H groups in total. The molecule has 0 spiro atoms. The second-order valence-electron chi connectivity index (χ2n) is 3.85. The first-order chi connectivity index (χ1) is 9.72. The second kappa shape index (κ2) is 6.41. The molecule has 0 saturated heterocycles. The van der Waals surface area contributed by atoms with Crippen LogP contribution in [0.2, 0.25) is 0 Å². The van der Waals surface area contributed by atoms with Gasteiger partial charge in [-0.25, -0.2) is 4.79 Å². The topological polar surface area (TPSA) is 101 Å². The van der Waals surface area contributed by atoms with Crippen molar-refractivity contribution in [2.45, 2.75) is 6.54 Å². The van der Waals surface area contributed by atoms with Crippen molar-refractivity contribution >= 4 is 11.8 Å². The minimum Gasteiger partial charge on any atom is -0.493 e. The van der Waals surface area contributed by atoms with E-state index in [1.807, 2.05) is 6.07 Å². The van der Waals surface area contributed by atoms with Crippen LogP contribution in [0.3, 0.4) is 0 Å². The van der Waals surface area contributed by atoms with Crippen molar-refractivity contribution in [2.75, 3.05) is 19.5 Å². The first kappa shape index (κ1) is 13.7. The number of H-pyrrole nitrogens is 1. The molecule has 0 unspecified atom stereocenters. The zero-order valence-electron chi connectivity index (χ0n) is 11.1. The highest BCUT2D eigenvalue weighted by atomic mass is 16.5. The van der Waals surface area contributed by atoms with E-state index in [2.05, 4.69) is 26.0 Å². The summed E-state index contributed by atoms with van der Waals surface area (Å²) < 4.78 is 10.3. The summed E-state index contributed by atoms with van der Waals surface area (Å²) in [4.78, 5) is 11.6. The van der Waals surface area contributed by atoms with Crippen LogP contribution in [0.25, 0.3) is 0 Å². The fraction of sp³-hybridized carbons (Fsp3) is 0.250. The van der Waals surface area contributed by atoms with Crippen LogP contribution in [0, 0.1) is 0 Å². The van der Waals surface area contributed by atoms with E-state index in [4.69, 9.17) is 9.47 Å². The molecule has 1 aromatic carbocycles. The van der Waals surface area contributed by atoms with Crippen LogP contribution in [-0.2, 0) is 6.54 Å². The van der Waals surface area contributed by atoms with Gasteiger partial charge in [0.2, 0.25) is 0 Å². The zero-order valence-corrected chi connectivity index (χ0v) is 11.1. The number of aromatic amines is 1. The van der Waals surface area contributed by atoms with Gasteiger partial charge in [-0.1, -0.05) is 6.07 Å². The molecule has 1 heterocycles. The van der Waals surface area contributed by atoms with E-state index >= 15 is 0 Å². The van der Waals surface area contributed by atoms with Gasteiger partial charge >= 0.3 is 6.03 Å². The molecule has 0 atom stereocenters. The molecule has 0 radical (unpaired) electrons. The fourth-order valence-corrected chi connectivity index (χ4v) is 1.60. The Morgan fingerprint density at radius 1 is 1.30 bits per heavy atom. The molecule has 8 heteroatoms. The Labute approximate surface area is 115 Å². The van der Waals surface area contributed by atoms with Crippen molar-refractivity contribution in [1.29, 1.82) is 0 Å². The largest absolute Gasteiger partial charge is 0.493 e. The van der Waals surface area contributed by atoms with Gasteiger partial charge in [0.15, 0.2) is 17.3 Å². The van der Waals surface area contributed by atoms with E-state index < -0.39 is 0 Å². The number of ether oxygens (including phenoxy) is 2. The third-order valence-electron chi connectivity index (χ3n) is 2.56. The van der Waals surface area contributed by atoms with E-state index in [1.54, 1.807) is 26.4 Å². The smallest absolute Gasteiger partial charge is 0.320 e. The monoisotopic (exact) mass is 277 g/mol. The number of anilines is 1. The number of aromatic nitrogens is 3. The fourth-order valence-electron chi connectivity index (χ4n) is 1.60. The quantitative estimate of drug-likeness (QED) is 0.761. The Balaban J connectivity index is 1.92. The second-order valence-corrected chi connectivity index (χ2v) is 3.85. The summed E-state index contributed by atoms with van der Waals surface area (Å²) in [6.07, 6.45) is 1.41. The molecule has 2 aromatic rings. The van der Waals surface area contributed by atoms with E-state index in [9.17, 15) is 4.79 Å². The predicted molar refractivity (Wildman–Crippen MR) is 71.8 cm³/mol. The molecule has 2 rings (SSSR count). The molecule has 0 bridgehead atoms. The Bertz CT molecular complexity index is 570. The Kier molecular flexibility index (Phi) is 4.38. The molecule has 0 fully saturated rings. The van der Waals surface area contributed by atoms with Crippen LogP contribution in [-0.4, -0.2) is 35.7 Å². The van der Waals surface area contributed by atoms with Gasteiger partial charge in [-0.05, 0) is 17.7 Å². The van der Waals surface area contributed by atoms with Crippen molar-refractivity contribution < 1.29 is 14.3 Å². The molecule has 0 aliphatic carbocycles. The lowest BCUT2D eigenvalue weighted by atomic mass is 10.2. The lowest BCUT2D eigenvalue weighted by Crippen LogP contribution is -2.28. The van der Waals surface area contributed by atoms with Crippen molar-refractivity contribution in [3.63, 3.8) is 0 Å². The summed E-state index contributed by atoms with van der Waals surface area (Å²) in [5.74, 6) is 1.61. The van der Waals surface area contributed by atoms with Gasteiger partial charge in [0, 0.05) is 6.54 Å². The van der Waals surface area contributed by atoms with Crippen molar-refractivity contribution in [3.8, 4) is 11.5 Å². The summed E-state index contributed by atoms with van der Waals surface area (Å²) in [7, 11) is 3.13. The number of hydrogen-bond acceptors (Lipinski definition) is 5. The Hall–Kier alpha value is -2.77. The molecule has 0 aliphatic heterocycles. The number of carbonyl (C=O) groups excluding carboxylic acids is 1. The van der Waals surface area contributed by atoms with Crippen molar-refractivity contribution in [1.82, 2.24) is 20.7 Å². The first-order valence-electron chi connectivity index (χ1n) is 5.84. The average molecular weight is 277 g/mol. The van der Waals surface area contributed by atoms with Gasteiger partial charge in [0.25, 0.3) is 0 Å². The standard InChI is InChI=1S/C12H15N5O3/c1-19-9-4-3-8(5-10(9)20-2)6-13-12(18)15-11-7-14-17-16-11/h3-5,7H,6H2,1-2H3,(H3,13,14,15,16,17,18). The highest BCUT2D eigenvalue weighted by Gasteiger charge is 2.06. The van der Waals surface area contributed by atoms with Crippen molar-refractivity contribution in [2.24, 2.45) is 0 Å². The van der Waals surface area contributed by atoms with Gasteiger partial charge in [-0.3, -0.25) is 5.32 Å². The first-order valence-corrected chi connectivity index (χ1v) is 5.84. The van der Waals surface area contributed by atoms with E-state index in [1.165, 1.54) is 6.20 Å². The Morgan fingerprint density at radius 3 is 2.75 bits per heavy atom. The summed E-state index contributed by atoms with van der Waals surface area (Å²) in [5, 5.41) is 14.9. The summed E-state index contributed by atoms with van der Waals surface area (Å²) >= 11 is 0. The molecule has 0 saturated carbocycles. The molecule has 20 heavy (non-hydrogen) atoms. The Morgan fingerprint density at radius 2 is 2.10 bits per heavy atom. The van der Waals surface area contributed by atoms with E-state index in [0.29, 0.717) is 23.9 Å². The van der Waals surface area contributed by atoms with Gasteiger partial charge in [-0.2, -0.15) is 10.3 Å². The van der Waals surface area contributed by atoms with Crippen LogP contribution in [0.5, 0.6) is 11.5 Å². The average Bonchev–Trinajstić information content (AvgIpc) is 2.97. The van der Waals surface area contributed by atoms with Gasteiger partial charge in [0.1, 0.15) is 0 Å². The molecule has 2 amide bonds. The lowest BCUT2D eigenvalue weighted by molar-refractivity contribution is 0.251. The number of nitrogens with one attached hydrogen (secondary N) is 3.